The number of halogens is 1. The summed E-state index contributed by atoms with van der Waals surface area (Å²) in [7, 11) is 1.65. The first-order valence-corrected chi connectivity index (χ1v) is 6.09. The van der Waals surface area contributed by atoms with Crippen molar-refractivity contribution < 1.29 is 4.74 Å². The van der Waals surface area contributed by atoms with E-state index in [1.54, 1.807) is 18.4 Å². The lowest BCUT2D eigenvalue weighted by Crippen LogP contribution is -1.87. The molecule has 0 radical (unpaired) electrons. The van der Waals surface area contributed by atoms with Crippen LogP contribution in [0.5, 0.6) is 5.75 Å². The Labute approximate surface area is 104 Å². The van der Waals surface area contributed by atoms with E-state index in [0.29, 0.717) is 5.02 Å². The Bertz CT molecular complexity index is 502. The Morgan fingerprint density at radius 1 is 1.31 bits per heavy atom. The van der Waals surface area contributed by atoms with Gasteiger partial charge in [-0.15, -0.1) is 11.3 Å². The summed E-state index contributed by atoms with van der Waals surface area (Å²) in [6.07, 6.45) is 0. The Morgan fingerprint density at radius 3 is 2.62 bits per heavy atom. The molecule has 2 aromatic rings. The molecule has 84 valence electrons. The van der Waals surface area contributed by atoms with Gasteiger partial charge in [-0.2, -0.15) is 0 Å². The van der Waals surface area contributed by atoms with Crippen molar-refractivity contribution in [1.82, 2.24) is 4.98 Å². The van der Waals surface area contributed by atoms with Crippen LogP contribution >= 0.6 is 22.9 Å². The van der Waals surface area contributed by atoms with Crippen LogP contribution in [0.1, 0.15) is 10.6 Å². The van der Waals surface area contributed by atoms with Gasteiger partial charge in [0.15, 0.2) is 0 Å². The average molecular weight is 254 g/mol. The van der Waals surface area contributed by atoms with Crippen molar-refractivity contribution in [2.75, 3.05) is 7.11 Å². The van der Waals surface area contributed by atoms with Crippen LogP contribution in [-0.4, -0.2) is 12.1 Å². The second-order valence-electron chi connectivity index (χ2n) is 3.51. The van der Waals surface area contributed by atoms with E-state index in [1.807, 2.05) is 25.1 Å². The molecule has 0 atom stereocenters. The molecule has 0 saturated carbocycles. The molecular formula is C12H12ClNOS. The number of rotatable bonds is 2. The minimum absolute atomic E-state index is 0.696. The van der Waals surface area contributed by atoms with E-state index in [0.717, 1.165) is 22.0 Å². The van der Waals surface area contributed by atoms with Gasteiger partial charge in [0.25, 0.3) is 0 Å². The maximum Gasteiger partial charge on any atom is 0.129 e. The molecule has 1 aromatic carbocycles. The van der Waals surface area contributed by atoms with Crippen LogP contribution in [0.2, 0.25) is 5.02 Å². The van der Waals surface area contributed by atoms with Gasteiger partial charge in [0.1, 0.15) is 10.8 Å². The van der Waals surface area contributed by atoms with Crippen LogP contribution in [-0.2, 0) is 0 Å². The third-order valence-electron chi connectivity index (χ3n) is 2.42. The molecular weight excluding hydrogens is 242 g/mol. The average Bonchev–Trinajstić information content (AvgIpc) is 2.59. The molecule has 0 bridgehead atoms. The number of benzene rings is 1. The number of methoxy groups -OCH3 is 1. The van der Waals surface area contributed by atoms with Crippen molar-refractivity contribution in [1.29, 1.82) is 0 Å². The number of ether oxygens (including phenoxy) is 1. The third kappa shape index (κ3) is 2.06. The van der Waals surface area contributed by atoms with Crippen LogP contribution in [0, 0.1) is 13.8 Å². The first-order chi connectivity index (χ1) is 7.61. The summed E-state index contributed by atoms with van der Waals surface area (Å²) in [4.78, 5) is 5.73. The lowest BCUT2D eigenvalue weighted by atomic mass is 10.2. The zero-order chi connectivity index (χ0) is 11.7. The van der Waals surface area contributed by atoms with E-state index in [2.05, 4.69) is 11.9 Å². The van der Waals surface area contributed by atoms with Crippen molar-refractivity contribution in [3.8, 4) is 16.3 Å². The Balaban J connectivity index is 2.57. The number of hydrogen-bond donors (Lipinski definition) is 0. The summed E-state index contributed by atoms with van der Waals surface area (Å²) in [5, 5.41) is 1.65. The molecule has 0 aliphatic rings. The fourth-order valence-corrected chi connectivity index (χ4v) is 2.54. The summed E-state index contributed by atoms with van der Waals surface area (Å²) in [5.41, 5.74) is 2.01. The highest BCUT2D eigenvalue weighted by Gasteiger charge is 2.11. The van der Waals surface area contributed by atoms with Gasteiger partial charge in [0, 0.05) is 9.90 Å². The highest BCUT2D eigenvalue weighted by Crippen LogP contribution is 2.35. The fraction of sp³-hybridized carbons (Fsp3) is 0.250. The van der Waals surface area contributed by atoms with Gasteiger partial charge in [-0.1, -0.05) is 11.6 Å². The lowest BCUT2D eigenvalue weighted by molar-refractivity contribution is 0.416. The number of aromatic nitrogens is 1. The molecule has 0 fully saturated rings. The summed E-state index contributed by atoms with van der Waals surface area (Å²) in [6, 6.07) is 5.57. The molecule has 0 unspecified atom stereocenters. The molecule has 0 amide bonds. The van der Waals surface area contributed by atoms with Crippen LogP contribution in [0.25, 0.3) is 10.6 Å². The Hall–Kier alpha value is -1.06. The molecule has 2 nitrogen and oxygen atoms in total. The summed E-state index contributed by atoms with van der Waals surface area (Å²) < 4.78 is 5.31. The van der Waals surface area contributed by atoms with E-state index < -0.39 is 0 Å². The molecule has 0 aliphatic carbocycles. The summed E-state index contributed by atoms with van der Waals surface area (Å²) in [6.45, 7) is 4.07. The van der Waals surface area contributed by atoms with E-state index in [4.69, 9.17) is 16.3 Å². The molecule has 1 aromatic heterocycles. The second-order valence-corrected chi connectivity index (χ2v) is 5.14. The molecule has 0 saturated heterocycles. The van der Waals surface area contributed by atoms with Crippen LogP contribution in [0.4, 0.5) is 0 Å². The van der Waals surface area contributed by atoms with E-state index in [9.17, 15) is 0 Å². The maximum absolute atomic E-state index is 5.99. The van der Waals surface area contributed by atoms with Gasteiger partial charge in [0.05, 0.1) is 18.4 Å². The van der Waals surface area contributed by atoms with E-state index in [-0.39, 0.29) is 0 Å². The highest BCUT2D eigenvalue weighted by molar-refractivity contribution is 7.15. The Kier molecular flexibility index (Phi) is 3.17. The minimum Gasteiger partial charge on any atom is -0.496 e. The van der Waals surface area contributed by atoms with Crippen molar-refractivity contribution in [2.45, 2.75) is 13.8 Å². The van der Waals surface area contributed by atoms with E-state index >= 15 is 0 Å². The van der Waals surface area contributed by atoms with Gasteiger partial charge in [-0.25, -0.2) is 4.98 Å². The molecule has 2 rings (SSSR count). The topological polar surface area (TPSA) is 22.1 Å². The SMILES string of the molecule is COc1ccc(Cl)cc1-c1nc(C)c(C)s1. The third-order valence-corrected chi connectivity index (χ3v) is 3.76. The summed E-state index contributed by atoms with van der Waals surface area (Å²) >= 11 is 7.65. The van der Waals surface area contributed by atoms with Gasteiger partial charge >= 0.3 is 0 Å². The van der Waals surface area contributed by atoms with Gasteiger partial charge < -0.3 is 4.74 Å². The highest BCUT2D eigenvalue weighted by atomic mass is 35.5. The first-order valence-electron chi connectivity index (χ1n) is 4.89. The summed E-state index contributed by atoms with van der Waals surface area (Å²) in [5.74, 6) is 0.804. The van der Waals surface area contributed by atoms with Gasteiger partial charge in [-0.05, 0) is 32.0 Å². The van der Waals surface area contributed by atoms with Crippen LogP contribution in [0.15, 0.2) is 18.2 Å². The largest absolute Gasteiger partial charge is 0.496 e. The second kappa shape index (κ2) is 4.44. The standard InChI is InChI=1S/C12H12ClNOS/c1-7-8(2)16-12(14-7)10-6-9(13)4-5-11(10)15-3/h4-6H,1-3H3. The first kappa shape index (κ1) is 11.4. The van der Waals surface area contributed by atoms with Gasteiger partial charge in [0.2, 0.25) is 0 Å². The predicted octanol–water partition coefficient (Wildman–Crippen LogP) is 4.09. The van der Waals surface area contributed by atoms with Crippen molar-refractivity contribution in [2.24, 2.45) is 0 Å². The van der Waals surface area contributed by atoms with Crippen LogP contribution < -0.4 is 4.74 Å². The lowest BCUT2D eigenvalue weighted by Gasteiger charge is -2.05. The molecule has 0 spiro atoms. The predicted molar refractivity (Wildman–Crippen MR) is 68.6 cm³/mol. The monoisotopic (exact) mass is 253 g/mol. The zero-order valence-electron chi connectivity index (χ0n) is 9.37. The maximum atomic E-state index is 5.99. The fourth-order valence-electron chi connectivity index (χ4n) is 1.44. The quantitative estimate of drug-likeness (QED) is 0.804. The Morgan fingerprint density at radius 2 is 2.06 bits per heavy atom. The molecule has 4 heteroatoms. The molecule has 16 heavy (non-hydrogen) atoms. The van der Waals surface area contributed by atoms with Crippen molar-refractivity contribution >= 4 is 22.9 Å². The van der Waals surface area contributed by atoms with Crippen molar-refractivity contribution in [3.63, 3.8) is 0 Å². The normalized spacial score (nSPS) is 10.5. The smallest absolute Gasteiger partial charge is 0.129 e. The number of nitrogens with zero attached hydrogens (tertiary/aromatic N) is 1. The zero-order valence-corrected chi connectivity index (χ0v) is 10.9. The van der Waals surface area contributed by atoms with E-state index in [1.165, 1.54) is 4.88 Å². The molecule has 0 N–H and O–H groups in total. The molecule has 1 heterocycles. The minimum atomic E-state index is 0.696. The molecule has 0 aliphatic heterocycles. The number of aryl methyl sites for hydroxylation is 2. The van der Waals surface area contributed by atoms with Gasteiger partial charge in [-0.3, -0.25) is 0 Å². The number of thiazole rings is 1. The van der Waals surface area contributed by atoms with Crippen LogP contribution in [0.3, 0.4) is 0 Å². The number of hydrogen-bond acceptors (Lipinski definition) is 3. The van der Waals surface area contributed by atoms with Crippen molar-refractivity contribution in [3.05, 3.63) is 33.8 Å².